The van der Waals surface area contributed by atoms with Crippen LogP contribution in [0.1, 0.15) is 12.0 Å². The Bertz CT molecular complexity index is 379. The van der Waals surface area contributed by atoms with Gasteiger partial charge in [-0.05, 0) is 17.7 Å². The number of nitrogen functional groups attached to an aromatic ring is 1. The molecule has 0 aromatic carbocycles. The Morgan fingerprint density at radius 1 is 1.60 bits per heavy atom. The molecule has 80 valence electrons. The van der Waals surface area contributed by atoms with E-state index in [9.17, 15) is 4.79 Å². The summed E-state index contributed by atoms with van der Waals surface area (Å²) in [5.74, 6) is 0.585. The van der Waals surface area contributed by atoms with Gasteiger partial charge in [-0.3, -0.25) is 4.79 Å². The molecule has 1 aliphatic rings. The first-order chi connectivity index (χ1) is 7.15. The number of rotatable bonds is 2. The van der Waals surface area contributed by atoms with Crippen molar-refractivity contribution in [2.45, 2.75) is 19.0 Å². The van der Waals surface area contributed by atoms with Gasteiger partial charge in [-0.15, -0.1) is 0 Å². The highest BCUT2D eigenvalue weighted by molar-refractivity contribution is 5.79. The van der Waals surface area contributed by atoms with Crippen molar-refractivity contribution in [2.24, 2.45) is 5.73 Å². The third kappa shape index (κ3) is 2.24. The minimum Gasteiger partial charge on any atom is -0.384 e. The molecule has 0 spiro atoms. The summed E-state index contributed by atoms with van der Waals surface area (Å²) in [7, 11) is 0. The van der Waals surface area contributed by atoms with E-state index in [-0.39, 0.29) is 11.9 Å². The molecule has 15 heavy (non-hydrogen) atoms. The first-order valence-electron chi connectivity index (χ1n) is 4.89. The van der Waals surface area contributed by atoms with Crippen molar-refractivity contribution in [1.82, 2.24) is 9.88 Å². The van der Waals surface area contributed by atoms with Gasteiger partial charge in [-0.25, -0.2) is 4.98 Å². The van der Waals surface area contributed by atoms with E-state index in [1.165, 1.54) is 0 Å². The maximum atomic E-state index is 11.5. The minimum atomic E-state index is -0.0308. The van der Waals surface area contributed by atoms with Gasteiger partial charge in [-0.2, -0.15) is 0 Å². The van der Waals surface area contributed by atoms with Gasteiger partial charge in [0.1, 0.15) is 5.82 Å². The smallest absolute Gasteiger partial charge is 0.224 e. The maximum Gasteiger partial charge on any atom is 0.224 e. The number of nitrogens with zero attached hydrogens (tertiary/aromatic N) is 2. The number of pyridine rings is 1. The molecular formula is C10H14N4O. The molecule has 1 aliphatic heterocycles. The topological polar surface area (TPSA) is 85.2 Å². The summed E-state index contributed by atoms with van der Waals surface area (Å²) in [6, 6.07) is 3.60. The second-order valence-electron chi connectivity index (χ2n) is 3.83. The minimum absolute atomic E-state index is 0.0308. The lowest BCUT2D eigenvalue weighted by Crippen LogP contribution is -2.27. The van der Waals surface area contributed by atoms with Crippen LogP contribution in [0.25, 0.3) is 0 Å². The van der Waals surface area contributed by atoms with Crippen LogP contribution in [0.4, 0.5) is 5.82 Å². The molecule has 0 saturated carbocycles. The monoisotopic (exact) mass is 206 g/mol. The molecule has 4 N–H and O–H groups in total. The largest absolute Gasteiger partial charge is 0.384 e. The second kappa shape index (κ2) is 3.86. The molecule has 1 fully saturated rings. The predicted molar refractivity (Wildman–Crippen MR) is 56.7 cm³/mol. The number of likely N-dealkylation sites (tertiary alicyclic amines) is 1. The van der Waals surface area contributed by atoms with Crippen molar-refractivity contribution in [3.8, 4) is 0 Å². The van der Waals surface area contributed by atoms with Gasteiger partial charge in [0.05, 0.1) is 0 Å². The summed E-state index contributed by atoms with van der Waals surface area (Å²) >= 11 is 0. The van der Waals surface area contributed by atoms with Gasteiger partial charge in [0.25, 0.3) is 0 Å². The van der Waals surface area contributed by atoms with Gasteiger partial charge in [0, 0.05) is 31.7 Å². The molecule has 2 heterocycles. The Morgan fingerprint density at radius 3 is 3.00 bits per heavy atom. The van der Waals surface area contributed by atoms with Crippen LogP contribution in [0.3, 0.4) is 0 Å². The zero-order chi connectivity index (χ0) is 10.8. The molecule has 0 bridgehead atoms. The average molecular weight is 206 g/mol. The van der Waals surface area contributed by atoms with E-state index in [1.807, 2.05) is 6.07 Å². The number of nitrogens with two attached hydrogens (primary N) is 2. The van der Waals surface area contributed by atoms with Crippen LogP contribution in [-0.4, -0.2) is 28.4 Å². The number of amides is 1. The van der Waals surface area contributed by atoms with Crippen LogP contribution in [0, 0.1) is 0 Å². The Labute approximate surface area is 88.1 Å². The molecule has 1 aromatic rings. The fraction of sp³-hybridized carbons (Fsp3) is 0.400. The van der Waals surface area contributed by atoms with Crippen molar-refractivity contribution in [3.63, 3.8) is 0 Å². The second-order valence-corrected chi connectivity index (χ2v) is 3.83. The zero-order valence-corrected chi connectivity index (χ0v) is 8.39. The highest BCUT2D eigenvalue weighted by atomic mass is 16.2. The molecule has 5 nitrogen and oxygen atoms in total. The number of carbonyl (C=O) groups excluding carboxylic acids is 1. The van der Waals surface area contributed by atoms with E-state index in [4.69, 9.17) is 11.5 Å². The molecule has 0 aliphatic carbocycles. The van der Waals surface area contributed by atoms with E-state index in [2.05, 4.69) is 4.98 Å². The lowest BCUT2D eigenvalue weighted by molar-refractivity contribution is -0.128. The van der Waals surface area contributed by atoms with Crippen molar-refractivity contribution in [2.75, 3.05) is 12.3 Å². The molecule has 5 heteroatoms. The lowest BCUT2D eigenvalue weighted by atomic mass is 10.2. The van der Waals surface area contributed by atoms with Crippen LogP contribution < -0.4 is 11.5 Å². The SMILES string of the molecule is Nc1cc(CN2CC(N)CC2=O)ccn1. The summed E-state index contributed by atoms with van der Waals surface area (Å²) in [5.41, 5.74) is 12.2. The Morgan fingerprint density at radius 2 is 2.40 bits per heavy atom. The van der Waals surface area contributed by atoms with Gasteiger partial charge >= 0.3 is 0 Å². The van der Waals surface area contributed by atoms with E-state index in [0.717, 1.165) is 5.56 Å². The number of hydrogen-bond donors (Lipinski definition) is 2. The first kappa shape index (κ1) is 9.92. The van der Waals surface area contributed by atoms with E-state index in [0.29, 0.717) is 25.3 Å². The molecule has 1 saturated heterocycles. The zero-order valence-electron chi connectivity index (χ0n) is 8.39. The molecule has 1 aromatic heterocycles. The Hall–Kier alpha value is -1.62. The highest BCUT2D eigenvalue weighted by Gasteiger charge is 2.26. The molecule has 2 rings (SSSR count). The van der Waals surface area contributed by atoms with Crippen LogP contribution in [0.5, 0.6) is 0 Å². The van der Waals surface area contributed by atoms with E-state index < -0.39 is 0 Å². The van der Waals surface area contributed by atoms with Crippen molar-refractivity contribution in [1.29, 1.82) is 0 Å². The number of hydrogen-bond acceptors (Lipinski definition) is 4. The molecular weight excluding hydrogens is 192 g/mol. The maximum absolute atomic E-state index is 11.5. The van der Waals surface area contributed by atoms with Gasteiger partial charge in [0.2, 0.25) is 5.91 Å². The number of aromatic nitrogens is 1. The van der Waals surface area contributed by atoms with Crippen molar-refractivity contribution in [3.05, 3.63) is 23.9 Å². The predicted octanol–water partition coefficient (Wildman–Crippen LogP) is -0.277. The van der Waals surface area contributed by atoms with Gasteiger partial charge in [-0.1, -0.05) is 0 Å². The first-order valence-corrected chi connectivity index (χ1v) is 4.89. The average Bonchev–Trinajstić information content (AvgIpc) is 2.45. The van der Waals surface area contributed by atoms with Crippen molar-refractivity contribution < 1.29 is 4.79 Å². The Kier molecular flexibility index (Phi) is 2.55. The standard InChI is InChI=1S/C10H14N4O/c11-8-4-10(15)14(6-8)5-7-1-2-13-9(12)3-7/h1-3,8H,4-6,11H2,(H2,12,13). The third-order valence-corrected chi connectivity index (χ3v) is 2.46. The molecule has 0 radical (unpaired) electrons. The summed E-state index contributed by atoms with van der Waals surface area (Å²) in [6.45, 7) is 1.19. The normalized spacial score (nSPS) is 21.0. The van der Waals surface area contributed by atoms with Crippen LogP contribution in [-0.2, 0) is 11.3 Å². The van der Waals surface area contributed by atoms with Crippen molar-refractivity contribution >= 4 is 11.7 Å². The Balaban J connectivity index is 2.06. The molecule has 1 amide bonds. The molecule has 1 atom stereocenters. The van der Waals surface area contributed by atoms with Gasteiger partial charge in [0.15, 0.2) is 0 Å². The van der Waals surface area contributed by atoms with Gasteiger partial charge < -0.3 is 16.4 Å². The summed E-state index contributed by atoms with van der Waals surface area (Å²) < 4.78 is 0. The quantitative estimate of drug-likeness (QED) is 0.697. The van der Waals surface area contributed by atoms with E-state index in [1.54, 1.807) is 17.2 Å². The van der Waals surface area contributed by atoms with Crippen LogP contribution in [0.2, 0.25) is 0 Å². The van der Waals surface area contributed by atoms with Crippen LogP contribution >= 0.6 is 0 Å². The highest BCUT2D eigenvalue weighted by Crippen LogP contribution is 2.14. The summed E-state index contributed by atoms with van der Waals surface area (Å²) in [4.78, 5) is 17.1. The molecule has 1 unspecified atom stereocenters. The fourth-order valence-corrected chi connectivity index (χ4v) is 1.77. The fourth-order valence-electron chi connectivity index (χ4n) is 1.77. The van der Waals surface area contributed by atoms with Crippen LogP contribution in [0.15, 0.2) is 18.3 Å². The third-order valence-electron chi connectivity index (χ3n) is 2.46. The summed E-state index contributed by atoms with van der Waals surface area (Å²) in [5, 5.41) is 0. The summed E-state index contributed by atoms with van der Waals surface area (Å²) in [6.07, 6.45) is 2.09. The number of carbonyl (C=O) groups is 1. The van der Waals surface area contributed by atoms with E-state index >= 15 is 0 Å². The lowest BCUT2D eigenvalue weighted by Gasteiger charge is -2.15. The number of anilines is 1.